The molecule has 3 nitrogen and oxygen atoms in total. The number of hydrogen-bond acceptors (Lipinski definition) is 2. The number of nitrogens with two attached hydrogens (primary N) is 1. The highest BCUT2D eigenvalue weighted by Crippen LogP contribution is 2.23. The molecular weight excluding hydrogens is 246 g/mol. The summed E-state index contributed by atoms with van der Waals surface area (Å²) in [6, 6.07) is 8.81. The van der Waals surface area contributed by atoms with Crippen molar-refractivity contribution in [2.24, 2.45) is 11.7 Å². The van der Waals surface area contributed by atoms with E-state index >= 15 is 0 Å². The number of aromatic nitrogens is 1. The normalized spacial score (nSPS) is 13.6. The minimum atomic E-state index is 0.293. The second-order valence-corrected chi connectivity index (χ2v) is 6.21. The summed E-state index contributed by atoms with van der Waals surface area (Å²) in [6.07, 6.45) is 1.05. The fourth-order valence-corrected chi connectivity index (χ4v) is 2.59. The van der Waals surface area contributed by atoms with Gasteiger partial charge in [0.2, 0.25) is 0 Å². The molecule has 1 atom stereocenters. The summed E-state index contributed by atoms with van der Waals surface area (Å²) in [5.41, 5.74) is 10.0. The van der Waals surface area contributed by atoms with Gasteiger partial charge in [0.15, 0.2) is 0 Å². The molecule has 0 aliphatic heterocycles. The van der Waals surface area contributed by atoms with Crippen molar-refractivity contribution < 1.29 is 0 Å². The Morgan fingerprint density at radius 1 is 1.25 bits per heavy atom. The molecule has 1 unspecified atom stereocenters. The average molecular weight is 273 g/mol. The van der Waals surface area contributed by atoms with Crippen LogP contribution in [0, 0.1) is 12.8 Å². The van der Waals surface area contributed by atoms with Crippen molar-refractivity contribution in [1.82, 2.24) is 9.88 Å². The van der Waals surface area contributed by atoms with Crippen molar-refractivity contribution in [2.75, 3.05) is 13.6 Å². The minimum absolute atomic E-state index is 0.293. The summed E-state index contributed by atoms with van der Waals surface area (Å²) in [6.45, 7) is 8.55. The molecule has 0 aliphatic carbocycles. The number of rotatable bonds is 6. The van der Waals surface area contributed by atoms with Crippen LogP contribution in [0.25, 0.3) is 10.9 Å². The lowest BCUT2D eigenvalue weighted by molar-refractivity contribution is 0.297. The van der Waals surface area contributed by atoms with Crippen LogP contribution in [0.1, 0.15) is 31.5 Å². The van der Waals surface area contributed by atoms with E-state index < -0.39 is 0 Å². The van der Waals surface area contributed by atoms with E-state index in [0.717, 1.165) is 19.5 Å². The first-order chi connectivity index (χ1) is 9.49. The number of hydrogen-bond donors (Lipinski definition) is 2. The molecule has 0 saturated carbocycles. The third-order valence-corrected chi connectivity index (χ3v) is 4.16. The van der Waals surface area contributed by atoms with Gasteiger partial charge in [0.05, 0.1) is 0 Å². The topological polar surface area (TPSA) is 45.0 Å². The molecule has 2 rings (SSSR count). The Hall–Kier alpha value is -1.32. The predicted octanol–water partition coefficient (Wildman–Crippen LogP) is 3.28. The molecule has 20 heavy (non-hydrogen) atoms. The molecule has 0 amide bonds. The lowest BCUT2D eigenvalue weighted by Crippen LogP contribution is -2.31. The molecule has 0 radical (unpaired) electrons. The quantitative estimate of drug-likeness (QED) is 0.848. The molecule has 0 fully saturated rings. The highest BCUT2D eigenvalue weighted by atomic mass is 15.1. The first-order valence-corrected chi connectivity index (χ1v) is 7.49. The molecule has 0 spiro atoms. The smallest absolute Gasteiger partial charge is 0.0459 e. The van der Waals surface area contributed by atoms with Crippen molar-refractivity contribution in [3.63, 3.8) is 0 Å². The second-order valence-electron chi connectivity index (χ2n) is 6.21. The van der Waals surface area contributed by atoms with Crippen LogP contribution in [0.3, 0.4) is 0 Å². The van der Waals surface area contributed by atoms with Gasteiger partial charge in [-0.05, 0) is 44.5 Å². The van der Waals surface area contributed by atoms with Crippen LogP contribution >= 0.6 is 0 Å². The van der Waals surface area contributed by atoms with Gasteiger partial charge in [0, 0.05) is 29.2 Å². The van der Waals surface area contributed by atoms with Crippen molar-refractivity contribution in [3.8, 4) is 0 Å². The summed E-state index contributed by atoms with van der Waals surface area (Å²) >= 11 is 0. The Bertz CT molecular complexity index is 556. The van der Waals surface area contributed by atoms with E-state index in [1.54, 1.807) is 0 Å². The fourth-order valence-electron chi connectivity index (χ4n) is 2.59. The van der Waals surface area contributed by atoms with Gasteiger partial charge in [-0.3, -0.25) is 0 Å². The molecule has 110 valence electrons. The van der Waals surface area contributed by atoms with Crippen LogP contribution in [-0.4, -0.2) is 29.5 Å². The van der Waals surface area contributed by atoms with E-state index in [1.165, 1.54) is 22.2 Å². The standard InChI is InChI=1S/C17H27N3/c1-12(2)16(18)9-10-20(4)11-15-13(3)19-17-8-6-5-7-14(15)17/h5-8,12,16,19H,9-11,18H2,1-4H3. The number of aryl methyl sites for hydroxylation is 1. The molecule has 0 aliphatic rings. The SMILES string of the molecule is Cc1[nH]c2ccccc2c1CN(C)CCC(N)C(C)C. The van der Waals surface area contributed by atoms with Gasteiger partial charge in [-0.25, -0.2) is 0 Å². The zero-order valence-electron chi connectivity index (χ0n) is 13.1. The van der Waals surface area contributed by atoms with E-state index in [4.69, 9.17) is 5.73 Å². The number of H-pyrrole nitrogens is 1. The van der Waals surface area contributed by atoms with Gasteiger partial charge in [-0.1, -0.05) is 32.0 Å². The molecule has 0 saturated heterocycles. The van der Waals surface area contributed by atoms with E-state index in [9.17, 15) is 0 Å². The highest BCUT2D eigenvalue weighted by molar-refractivity contribution is 5.84. The first kappa shape index (κ1) is 15.1. The summed E-state index contributed by atoms with van der Waals surface area (Å²) in [5.74, 6) is 0.554. The Labute approximate surface area is 122 Å². The lowest BCUT2D eigenvalue weighted by Gasteiger charge is -2.21. The van der Waals surface area contributed by atoms with E-state index in [2.05, 4.69) is 62.0 Å². The van der Waals surface area contributed by atoms with Gasteiger partial charge in [-0.15, -0.1) is 0 Å². The van der Waals surface area contributed by atoms with Gasteiger partial charge in [0.25, 0.3) is 0 Å². The fraction of sp³-hybridized carbons (Fsp3) is 0.529. The van der Waals surface area contributed by atoms with Gasteiger partial charge in [-0.2, -0.15) is 0 Å². The number of aromatic amines is 1. The Balaban J connectivity index is 2.03. The highest BCUT2D eigenvalue weighted by Gasteiger charge is 2.12. The molecular formula is C17H27N3. The molecule has 3 N–H and O–H groups in total. The third-order valence-electron chi connectivity index (χ3n) is 4.16. The number of benzene rings is 1. The predicted molar refractivity (Wildman–Crippen MR) is 86.8 cm³/mol. The van der Waals surface area contributed by atoms with Gasteiger partial charge in [0.1, 0.15) is 0 Å². The number of fused-ring (bicyclic) bond motifs is 1. The summed E-state index contributed by atoms with van der Waals surface area (Å²) in [5, 5.41) is 1.34. The summed E-state index contributed by atoms with van der Waals surface area (Å²) in [4.78, 5) is 5.83. The van der Waals surface area contributed by atoms with E-state index in [0.29, 0.717) is 12.0 Å². The van der Waals surface area contributed by atoms with Crippen LogP contribution in [0.15, 0.2) is 24.3 Å². The van der Waals surface area contributed by atoms with Crippen LogP contribution in [0.4, 0.5) is 0 Å². The zero-order valence-corrected chi connectivity index (χ0v) is 13.1. The van der Waals surface area contributed by atoms with E-state index in [-0.39, 0.29) is 0 Å². The lowest BCUT2D eigenvalue weighted by atomic mass is 10.0. The third kappa shape index (κ3) is 3.41. The van der Waals surface area contributed by atoms with Gasteiger partial charge >= 0.3 is 0 Å². The van der Waals surface area contributed by atoms with Crippen molar-refractivity contribution in [3.05, 3.63) is 35.5 Å². The van der Waals surface area contributed by atoms with E-state index in [1.807, 2.05) is 0 Å². The molecule has 0 bridgehead atoms. The van der Waals surface area contributed by atoms with Crippen molar-refractivity contribution in [2.45, 2.75) is 39.8 Å². The van der Waals surface area contributed by atoms with Gasteiger partial charge < -0.3 is 15.6 Å². The molecule has 2 aromatic rings. The van der Waals surface area contributed by atoms with Crippen LogP contribution in [0.5, 0.6) is 0 Å². The minimum Gasteiger partial charge on any atom is -0.358 e. The maximum Gasteiger partial charge on any atom is 0.0459 e. The average Bonchev–Trinajstić information content (AvgIpc) is 2.72. The molecule has 1 aromatic heterocycles. The zero-order chi connectivity index (χ0) is 14.7. The van der Waals surface area contributed by atoms with Crippen LogP contribution < -0.4 is 5.73 Å². The van der Waals surface area contributed by atoms with Crippen molar-refractivity contribution in [1.29, 1.82) is 0 Å². The Morgan fingerprint density at radius 2 is 1.95 bits per heavy atom. The molecule has 1 aromatic carbocycles. The Kier molecular flexibility index (Phi) is 4.84. The second kappa shape index (κ2) is 6.42. The largest absolute Gasteiger partial charge is 0.358 e. The molecule has 3 heteroatoms. The maximum atomic E-state index is 6.13. The van der Waals surface area contributed by atoms with Crippen LogP contribution in [0.2, 0.25) is 0 Å². The van der Waals surface area contributed by atoms with Crippen LogP contribution in [-0.2, 0) is 6.54 Å². The summed E-state index contributed by atoms with van der Waals surface area (Å²) in [7, 11) is 2.17. The maximum absolute atomic E-state index is 6.13. The number of para-hydroxylation sites is 1. The Morgan fingerprint density at radius 3 is 2.65 bits per heavy atom. The van der Waals surface area contributed by atoms with Crippen molar-refractivity contribution >= 4 is 10.9 Å². The molecule has 1 heterocycles. The monoisotopic (exact) mass is 273 g/mol. The number of nitrogens with zero attached hydrogens (tertiary/aromatic N) is 1. The first-order valence-electron chi connectivity index (χ1n) is 7.49. The summed E-state index contributed by atoms with van der Waals surface area (Å²) < 4.78 is 0. The number of nitrogens with one attached hydrogen (secondary N) is 1.